The summed E-state index contributed by atoms with van der Waals surface area (Å²) in [4.78, 5) is 11.6. The van der Waals surface area contributed by atoms with E-state index in [-0.39, 0.29) is 0 Å². The molecule has 2 aromatic carbocycles. The Hall–Kier alpha value is -2.74. The summed E-state index contributed by atoms with van der Waals surface area (Å²) >= 11 is 13.6. The zero-order valence-electron chi connectivity index (χ0n) is 17.5. The van der Waals surface area contributed by atoms with E-state index in [2.05, 4.69) is 25.9 Å². The standard InChI is InChI=1S/C24H22ClN5S2/c1-14-5-4-7-18(25)21(14)30-24(31)29-16-11-9-15(10-12-16)28-22-20-17-6-2-3-8-19(17)32-23(20)27-13-26-22/h4-5,7,9-13H,2-3,6,8H2,1H3,(H,26,27,28)(H2,29,30,31). The van der Waals surface area contributed by atoms with Crippen LogP contribution in [0.25, 0.3) is 10.2 Å². The van der Waals surface area contributed by atoms with Crippen LogP contribution in [0.4, 0.5) is 22.9 Å². The highest BCUT2D eigenvalue weighted by atomic mass is 35.5. The van der Waals surface area contributed by atoms with E-state index in [0.29, 0.717) is 10.1 Å². The fraction of sp³-hybridized carbons (Fsp3) is 0.208. The quantitative estimate of drug-likeness (QED) is 0.272. The second kappa shape index (κ2) is 9.02. The number of thiophene rings is 1. The van der Waals surface area contributed by atoms with Crippen molar-refractivity contribution in [1.82, 2.24) is 9.97 Å². The van der Waals surface area contributed by atoms with Crippen LogP contribution in [0.15, 0.2) is 48.8 Å². The number of benzene rings is 2. The molecule has 0 saturated carbocycles. The lowest BCUT2D eigenvalue weighted by atomic mass is 9.97. The first-order valence-electron chi connectivity index (χ1n) is 10.5. The Labute approximate surface area is 201 Å². The monoisotopic (exact) mass is 479 g/mol. The van der Waals surface area contributed by atoms with E-state index in [9.17, 15) is 0 Å². The number of rotatable bonds is 4. The van der Waals surface area contributed by atoms with Crippen molar-refractivity contribution in [3.8, 4) is 0 Å². The van der Waals surface area contributed by atoms with Crippen LogP contribution in [0.2, 0.25) is 5.02 Å². The van der Waals surface area contributed by atoms with Gasteiger partial charge in [-0.25, -0.2) is 9.97 Å². The maximum absolute atomic E-state index is 6.28. The molecule has 3 N–H and O–H groups in total. The van der Waals surface area contributed by atoms with Crippen LogP contribution >= 0.6 is 35.2 Å². The predicted octanol–water partition coefficient (Wildman–Crippen LogP) is 7.08. The normalized spacial score (nSPS) is 12.9. The van der Waals surface area contributed by atoms with Crippen molar-refractivity contribution < 1.29 is 0 Å². The summed E-state index contributed by atoms with van der Waals surface area (Å²) in [6.07, 6.45) is 6.39. The van der Waals surface area contributed by atoms with Crippen LogP contribution < -0.4 is 16.0 Å². The number of aryl methyl sites for hydroxylation is 3. The fourth-order valence-electron chi connectivity index (χ4n) is 4.02. The van der Waals surface area contributed by atoms with Gasteiger partial charge in [-0.1, -0.05) is 23.7 Å². The Morgan fingerprint density at radius 2 is 1.78 bits per heavy atom. The zero-order chi connectivity index (χ0) is 22.1. The summed E-state index contributed by atoms with van der Waals surface area (Å²) < 4.78 is 0. The Balaban J connectivity index is 1.30. The van der Waals surface area contributed by atoms with Gasteiger partial charge < -0.3 is 16.0 Å². The molecule has 0 fully saturated rings. The van der Waals surface area contributed by atoms with Crippen molar-refractivity contribution in [2.75, 3.05) is 16.0 Å². The highest BCUT2D eigenvalue weighted by molar-refractivity contribution is 7.80. The number of halogens is 1. The minimum Gasteiger partial charge on any atom is -0.340 e. The minimum atomic E-state index is 0.490. The zero-order valence-corrected chi connectivity index (χ0v) is 19.9. The van der Waals surface area contributed by atoms with E-state index in [1.54, 1.807) is 17.7 Å². The molecule has 5 rings (SSSR count). The molecule has 4 aromatic rings. The van der Waals surface area contributed by atoms with Gasteiger partial charge in [-0.2, -0.15) is 0 Å². The highest BCUT2D eigenvalue weighted by Gasteiger charge is 2.19. The van der Waals surface area contributed by atoms with Crippen molar-refractivity contribution in [2.45, 2.75) is 32.6 Å². The lowest BCUT2D eigenvalue weighted by molar-refractivity contribution is 0.700. The van der Waals surface area contributed by atoms with Crippen LogP contribution in [0.5, 0.6) is 0 Å². The maximum Gasteiger partial charge on any atom is 0.175 e. The molecule has 0 amide bonds. The smallest absolute Gasteiger partial charge is 0.175 e. The average molecular weight is 480 g/mol. The molecule has 5 nitrogen and oxygen atoms in total. The first kappa shape index (κ1) is 21.1. The number of hydrogen-bond donors (Lipinski definition) is 3. The van der Waals surface area contributed by atoms with Gasteiger partial charge in [0.05, 0.1) is 16.1 Å². The van der Waals surface area contributed by atoms with E-state index in [0.717, 1.165) is 46.1 Å². The molecule has 0 aliphatic heterocycles. The van der Waals surface area contributed by atoms with Crippen LogP contribution in [0.3, 0.4) is 0 Å². The third kappa shape index (κ3) is 4.28. The Morgan fingerprint density at radius 3 is 2.59 bits per heavy atom. The average Bonchev–Trinajstić information content (AvgIpc) is 3.17. The van der Waals surface area contributed by atoms with Crippen molar-refractivity contribution in [2.24, 2.45) is 0 Å². The molecule has 0 bridgehead atoms. The third-order valence-electron chi connectivity index (χ3n) is 5.62. The summed E-state index contributed by atoms with van der Waals surface area (Å²) in [5, 5.41) is 12.2. The van der Waals surface area contributed by atoms with Gasteiger partial charge in [-0.05, 0) is 86.3 Å². The van der Waals surface area contributed by atoms with E-state index in [1.165, 1.54) is 28.7 Å². The summed E-state index contributed by atoms with van der Waals surface area (Å²) in [7, 11) is 0. The summed E-state index contributed by atoms with van der Waals surface area (Å²) in [6.45, 7) is 1.99. The van der Waals surface area contributed by atoms with Crippen LogP contribution in [0.1, 0.15) is 28.8 Å². The first-order chi connectivity index (χ1) is 15.6. The van der Waals surface area contributed by atoms with Gasteiger partial charge in [-0.15, -0.1) is 11.3 Å². The number of anilines is 4. The number of fused-ring (bicyclic) bond motifs is 3. The predicted molar refractivity (Wildman–Crippen MR) is 140 cm³/mol. The molecule has 0 radical (unpaired) electrons. The molecular weight excluding hydrogens is 458 g/mol. The number of nitrogens with zero attached hydrogens (tertiary/aromatic N) is 2. The number of nitrogens with one attached hydrogen (secondary N) is 3. The fourth-order valence-corrected chi connectivity index (χ4v) is 5.74. The van der Waals surface area contributed by atoms with Crippen molar-refractivity contribution >= 4 is 73.4 Å². The molecule has 0 spiro atoms. The molecular formula is C24H22ClN5S2. The topological polar surface area (TPSA) is 61.9 Å². The summed E-state index contributed by atoms with van der Waals surface area (Å²) in [6, 6.07) is 13.7. The maximum atomic E-state index is 6.28. The second-order valence-corrected chi connectivity index (χ2v) is 9.73. The summed E-state index contributed by atoms with van der Waals surface area (Å²) in [5.41, 5.74) is 5.12. The van der Waals surface area contributed by atoms with E-state index in [1.807, 2.05) is 49.4 Å². The van der Waals surface area contributed by atoms with Gasteiger partial charge in [0, 0.05) is 16.3 Å². The molecule has 1 aliphatic rings. The Bertz CT molecular complexity index is 1280. The van der Waals surface area contributed by atoms with Gasteiger partial charge in [0.2, 0.25) is 0 Å². The van der Waals surface area contributed by atoms with Gasteiger partial charge in [-0.3, -0.25) is 0 Å². The SMILES string of the molecule is Cc1cccc(Cl)c1NC(=S)Nc1ccc(Nc2ncnc3sc4c(c23)CCCC4)cc1. The third-order valence-corrected chi connectivity index (χ3v) is 7.34. The summed E-state index contributed by atoms with van der Waals surface area (Å²) in [5.74, 6) is 0.876. The van der Waals surface area contributed by atoms with E-state index < -0.39 is 0 Å². The largest absolute Gasteiger partial charge is 0.340 e. The van der Waals surface area contributed by atoms with Crippen LogP contribution in [-0.2, 0) is 12.8 Å². The van der Waals surface area contributed by atoms with Crippen molar-refractivity contribution in [3.05, 3.63) is 69.8 Å². The molecule has 32 heavy (non-hydrogen) atoms. The highest BCUT2D eigenvalue weighted by Crippen LogP contribution is 2.38. The number of para-hydroxylation sites is 1. The van der Waals surface area contributed by atoms with E-state index in [4.69, 9.17) is 23.8 Å². The Morgan fingerprint density at radius 1 is 1.00 bits per heavy atom. The molecule has 2 heterocycles. The van der Waals surface area contributed by atoms with Gasteiger partial charge in [0.1, 0.15) is 17.0 Å². The molecule has 0 unspecified atom stereocenters. The van der Waals surface area contributed by atoms with Crippen molar-refractivity contribution in [1.29, 1.82) is 0 Å². The van der Waals surface area contributed by atoms with Gasteiger partial charge >= 0.3 is 0 Å². The first-order valence-corrected chi connectivity index (χ1v) is 12.1. The number of hydrogen-bond acceptors (Lipinski definition) is 5. The lowest BCUT2D eigenvalue weighted by Gasteiger charge is -2.15. The lowest BCUT2D eigenvalue weighted by Crippen LogP contribution is -2.19. The van der Waals surface area contributed by atoms with E-state index >= 15 is 0 Å². The number of thiocarbonyl (C=S) groups is 1. The van der Waals surface area contributed by atoms with Gasteiger partial charge in [0.25, 0.3) is 0 Å². The van der Waals surface area contributed by atoms with Crippen LogP contribution in [-0.4, -0.2) is 15.1 Å². The second-order valence-electron chi connectivity index (χ2n) is 7.83. The molecule has 2 aromatic heterocycles. The molecule has 0 atom stereocenters. The molecule has 1 aliphatic carbocycles. The number of aromatic nitrogens is 2. The van der Waals surface area contributed by atoms with Crippen molar-refractivity contribution in [3.63, 3.8) is 0 Å². The molecule has 162 valence electrons. The minimum absolute atomic E-state index is 0.490. The van der Waals surface area contributed by atoms with Crippen LogP contribution in [0, 0.1) is 6.92 Å². The Kier molecular flexibility index (Phi) is 5.95. The van der Waals surface area contributed by atoms with Gasteiger partial charge in [0.15, 0.2) is 5.11 Å². The molecule has 0 saturated heterocycles. The molecule has 8 heteroatoms.